The summed E-state index contributed by atoms with van der Waals surface area (Å²) in [6, 6.07) is 19.1. The van der Waals surface area contributed by atoms with Crippen molar-refractivity contribution in [2.75, 3.05) is 5.32 Å². The first-order chi connectivity index (χ1) is 13.6. The highest BCUT2D eigenvalue weighted by atomic mass is 32.1. The van der Waals surface area contributed by atoms with Gasteiger partial charge < -0.3 is 9.73 Å². The van der Waals surface area contributed by atoms with Crippen LogP contribution in [-0.2, 0) is 0 Å². The maximum Gasteiger partial charge on any atom is 0.345 e. The summed E-state index contributed by atoms with van der Waals surface area (Å²) in [5.41, 5.74) is 3.36. The number of thiazole rings is 1. The third-order valence-electron chi connectivity index (χ3n) is 4.17. The Morgan fingerprint density at radius 1 is 1.21 bits per heavy atom. The van der Waals surface area contributed by atoms with Crippen LogP contribution in [0.2, 0.25) is 0 Å². The molecule has 0 bridgehead atoms. The lowest BCUT2D eigenvalue weighted by Crippen LogP contribution is -2.02. The van der Waals surface area contributed by atoms with E-state index in [1.54, 1.807) is 23.7 Å². The van der Waals surface area contributed by atoms with Gasteiger partial charge in [-0.1, -0.05) is 30.3 Å². The molecule has 2 heterocycles. The summed E-state index contributed by atoms with van der Waals surface area (Å²) in [5.74, 6) is 0. The van der Waals surface area contributed by atoms with Gasteiger partial charge in [0.15, 0.2) is 0 Å². The lowest BCUT2D eigenvalue weighted by molar-refractivity contribution is 0.563. The largest absolute Gasteiger partial charge is 0.422 e. The number of rotatable bonds is 4. The number of nitrogens with zero attached hydrogens (tertiary/aromatic N) is 2. The predicted molar refractivity (Wildman–Crippen MR) is 112 cm³/mol. The minimum Gasteiger partial charge on any atom is -0.422 e. The van der Waals surface area contributed by atoms with Gasteiger partial charge in [-0.15, -0.1) is 11.3 Å². The van der Waals surface area contributed by atoms with Crippen molar-refractivity contribution in [3.63, 3.8) is 0 Å². The molecule has 0 saturated carbocycles. The molecule has 0 radical (unpaired) electrons. The Bertz CT molecular complexity index is 1290. The van der Waals surface area contributed by atoms with Crippen molar-refractivity contribution in [1.82, 2.24) is 4.98 Å². The number of hydrogen-bond donors (Lipinski definition) is 1. The molecule has 1 N–H and O–H groups in total. The van der Waals surface area contributed by atoms with Crippen LogP contribution in [0.5, 0.6) is 0 Å². The van der Waals surface area contributed by atoms with Crippen molar-refractivity contribution in [3.8, 4) is 17.3 Å². The van der Waals surface area contributed by atoms with Gasteiger partial charge in [-0.3, -0.25) is 0 Å². The zero-order chi connectivity index (χ0) is 19.5. The number of anilines is 1. The van der Waals surface area contributed by atoms with Crippen molar-refractivity contribution < 1.29 is 4.42 Å². The molecule has 0 saturated heterocycles. The van der Waals surface area contributed by atoms with E-state index in [0.717, 1.165) is 16.6 Å². The Morgan fingerprint density at radius 2 is 2.07 bits per heavy atom. The average molecular weight is 385 g/mol. The van der Waals surface area contributed by atoms with Gasteiger partial charge in [0.2, 0.25) is 0 Å². The second-order valence-corrected chi connectivity index (χ2v) is 7.06. The highest BCUT2D eigenvalue weighted by Crippen LogP contribution is 2.26. The van der Waals surface area contributed by atoms with Crippen LogP contribution >= 0.6 is 11.3 Å². The number of fused-ring (bicyclic) bond motifs is 1. The normalized spacial score (nSPS) is 11.4. The molecule has 136 valence electrons. The molecule has 28 heavy (non-hydrogen) atoms. The number of nitriles is 1. The Morgan fingerprint density at radius 3 is 2.89 bits per heavy atom. The van der Waals surface area contributed by atoms with Crippen molar-refractivity contribution in [2.45, 2.75) is 6.92 Å². The summed E-state index contributed by atoms with van der Waals surface area (Å²) in [5, 5.41) is 15.8. The second-order valence-electron chi connectivity index (χ2n) is 6.21. The van der Waals surface area contributed by atoms with Gasteiger partial charge in [0.25, 0.3) is 0 Å². The highest BCUT2D eigenvalue weighted by Gasteiger charge is 2.13. The van der Waals surface area contributed by atoms with Crippen LogP contribution in [0.4, 0.5) is 5.69 Å². The zero-order valence-corrected chi connectivity index (χ0v) is 15.8. The number of benzene rings is 2. The third kappa shape index (κ3) is 3.56. The molecule has 0 aliphatic carbocycles. The maximum absolute atomic E-state index is 12.3. The van der Waals surface area contributed by atoms with E-state index in [1.165, 1.54) is 11.3 Å². The van der Waals surface area contributed by atoms with Crippen molar-refractivity contribution >= 4 is 33.6 Å². The number of hydrogen-bond acceptors (Lipinski definition) is 6. The minimum absolute atomic E-state index is 0.380. The summed E-state index contributed by atoms with van der Waals surface area (Å²) in [4.78, 5) is 16.8. The van der Waals surface area contributed by atoms with Crippen LogP contribution in [0.15, 0.2) is 75.4 Å². The Hall–Kier alpha value is -3.69. The van der Waals surface area contributed by atoms with Gasteiger partial charge in [-0.25, -0.2) is 9.78 Å². The first kappa shape index (κ1) is 17.7. The Balaban J connectivity index is 1.66. The fourth-order valence-electron chi connectivity index (χ4n) is 2.79. The zero-order valence-electron chi connectivity index (χ0n) is 15.0. The smallest absolute Gasteiger partial charge is 0.345 e. The molecule has 0 aliphatic heterocycles. The second kappa shape index (κ2) is 7.51. The van der Waals surface area contributed by atoms with Gasteiger partial charge in [0.1, 0.15) is 22.2 Å². The van der Waals surface area contributed by atoms with Crippen LogP contribution in [0.25, 0.3) is 27.8 Å². The van der Waals surface area contributed by atoms with E-state index >= 15 is 0 Å². The summed E-state index contributed by atoms with van der Waals surface area (Å²) in [7, 11) is 0. The van der Waals surface area contributed by atoms with Gasteiger partial charge in [-0.05, 0) is 36.8 Å². The molecular formula is C22H15N3O2S. The summed E-state index contributed by atoms with van der Waals surface area (Å²) in [6.07, 6.45) is 1.63. The highest BCUT2D eigenvalue weighted by molar-refractivity contribution is 7.11. The van der Waals surface area contributed by atoms with Crippen LogP contribution in [0, 0.1) is 18.3 Å². The first-order valence-corrected chi connectivity index (χ1v) is 9.44. The molecule has 4 aromatic rings. The van der Waals surface area contributed by atoms with E-state index in [9.17, 15) is 10.1 Å². The number of aromatic nitrogens is 1. The monoisotopic (exact) mass is 385 g/mol. The predicted octanol–water partition coefficient (Wildman–Crippen LogP) is 5.20. The molecule has 0 atom stereocenters. The minimum atomic E-state index is -0.448. The fourth-order valence-corrected chi connectivity index (χ4v) is 3.58. The quantitative estimate of drug-likeness (QED) is 0.386. The number of nitrogens with one attached hydrogen (secondary N) is 1. The molecule has 2 aromatic carbocycles. The SMILES string of the molecule is Cc1cccc(N/C=C(/C#N)c2nc(-c3cc4ccccc4oc3=O)cs2)c1. The fraction of sp³-hybridized carbons (Fsp3) is 0.0455. The standard InChI is InChI=1S/C22H15N3O2S/c1-14-5-4-7-17(9-14)24-12-16(11-23)21-25-19(13-28-21)18-10-15-6-2-3-8-20(15)27-22(18)26/h2-10,12-13,24H,1H3/b16-12-. The molecule has 4 rings (SSSR count). The lowest BCUT2D eigenvalue weighted by atomic mass is 10.1. The maximum atomic E-state index is 12.3. The molecular weight excluding hydrogens is 370 g/mol. The number of para-hydroxylation sites is 1. The molecule has 0 spiro atoms. The van der Waals surface area contributed by atoms with E-state index in [4.69, 9.17) is 4.42 Å². The van der Waals surface area contributed by atoms with E-state index in [0.29, 0.717) is 27.4 Å². The van der Waals surface area contributed by atoms with E-state index in [1.807, 2.05) is 49.4 Å². The molecule has 0 unspecified atom stereocenters. The van der Waals surface area contributed by atoms with E-state index in [-0.39, 0.29) is 0 Å². The summed E-state index contributed by atoms with van der Waals surface area (Å²) in [6.45, 7) is 2.00. The molecule has 0 aliphatic rings. The van der Waals surface area contributed by atoms with Crippen molar-refractivity contribution in [2.24, 2.45) is 0 Å². The Labute approximate surface area is 165 Å². The van der Waals surface area contributed by atoms with E-state index < -0.39 is 5.63 Å². The number of allylic oxidation sites excluding steroid dienone is 1. The first-order valence-electron chi connectivity index (χ1n) is 8.57. The molecule has 0 amide bonds. The van der Waals surface area contributed by atoms with Gasteiger partial charge in [0, 0.05) is 22.7 Å². The van der Waals surface area contributed by atoms with Crippen molar-refractivity contribution in [1.29, 1.82) is 5.26 Å². The van der Waals surface area contributed by atoms with Crippen LogP contribution < -0.4 is 10.9 Å². The Kier molecular flexibility index (Phi) is 4.75. The van der Waals surface area contributed by atoms with Crippen LogP contribution in [0.3, 0.4) is 0 Å². The van der Waals surface area contributed by atoms with Crippen LogP contribution in [0.1, 0.15) is 10.6 Å². The lowest BCUT2D eigenvalue weighted by Gasteiger charge is -2.02. The molecule has 2 aromatic heterocycles. The van der Waals surface area contributed by atoms with Crippen molar-refractivity contribution in [3.05, 3.63) is 87.2 Å². The average Bonchev–Trinajstić information content (AvgIpc) is 3.18. The molecule has 5 nitrogen and oxygen atoms in total. The van der Waals surface area contributed by atoms with E-state index in [2.05, 4.69) is 16.4 Å². The number of aryl methyl sites for hydroxylation is 1. The molecule has 0 fully saturated rings. The van der Waals surface area contributed by atoms with Gasteiger partial charge >= 0.3 is 5.63 Å². The third-order valence-corrected chi connectivity index (χ3v) is 5.05. The summed E-state index contributed by atoms with van der Waals surface area (Å²) >= 11 is 1.31. The molecule has 6 heteroatoms. The van der Waals surface area contributed by atoms with Gasteiger partial charge in [0.05, 0.1) is 11.3 Å². The van der Waals surface area contributed by atoms with Crippen LogP contribution in [-0.4, -0.2) is 4.98 Å². The van der Waals surface area contributed by atoms with Gasteiger partial charge in [-0.2, -0.15) is 5.26 Å². The summed E-state index contributed by atoms with van der Waals surface area (Å²) < 4.78 is 5.38. The topological polar surface area (TPSA) is 78.9 Å².